The molecule has 0 bridgehead atoms. The van der Waals surface area contributed by atoms with E-state index in [4.69, 9.17) is 0 Å². The zero-order valence-electron chi connectivity index (χ0n) is 13.6. The highest BCUT2D eigenvalue weighted by atomic mass is 32.1. The molecule has 1 amide bonds. The largest absolute Gasteiger partial charge is 0.347 e. The molecule has 0 spiro atoms. The molecule has 0 fully saturated rings. The molecule has 5 nitrogen and oxygen atoms in total. The van der Waals surface area contributed by atoms with Gasteiger partial charge in [0.25, 0.3) is 5.56 Å². The zero-order valence-corrected chi connectivity index (χ0v) is 14.4. The standard InChI is InChI=1S/C18H19N3O2S/c1-12(2)17(15-8-5-9-24-15)20-16(22)10-21-11-19-14-7-4-3-6-13(14)18(21)23/h3-9,11-12,17H,10H2,1-2H3,(H,20,22). The number of para-hydroxylation sites is 1. The van der Waals surface area contributed by atoms with Gasteiger partial charge in [-0.15, -0.1) is 11.3 Å². The molecular weight excluding hydrogens is 322 g/mol. The Morgan fingerprint density at radius 1 is 1.25 bits per heavy atom. The second-order valence-electron chi connectivity index (χ2n) is 6.00. The van der Waals surface area contributed by atoms with Crippen molar-refractivity contribution in [2.45, 2.75) is 26.4 Å². The number of thiophene rings is 1. The monoisotopic (exact) mass is 341 g/mol. The van der Waals surface area contributed by atoms with Gasteiger partial charge in [-0.25, -0.2) is 4.98 Å². The number of nitrogens with one attached hydrogen (secondary N) is 1. The quantitative estimate of drug-likeness (QED) is 0.776. The average molecular weight is 341 g/mol. The van der Waals surface area contributed by atoms with Gasteiger partial charge < -0.3 is 5.32 Å². The second kappa shape index (κ2) is 6.97. The lowest BCUT2D eigenvalue weighted by atomic mass is 10.0. The van der Waals surface area contributed by atoms with Crippen LogP contribution in [0.1, 0.15) is 24.8 Å². The molecule has 1 N–H and O–H groups in total. The number of amides is 1. The van der Waals surface area contributed by atoms with Gasteiger partial charge >= 0.3 is 0 Å². The van der Waals surface area contributed by atoms with E-state index in [1.807, 2.05) is 23.6 Å². The van der Waals surface area contributed by atoms with Crippen molar-refractivity contribution in [1.82, 2.24) is 14.9 Å². The summed E-state index contributed by atoms with van der Waals surface area (Å²) in [6, 6.07) is 11.1. The summed E-state index contributed by atoms with van der Waals surface area (Å²) in [5.74, 6) is 0.0698. The third-order valence-corrected chi connectivity index (χ3v) is 4.83. The van der Waals surface area contributed by atoms with Gasteiger partial charge in [0.1, 0.15) is 6.54 Å². The van der Waals surface area contributed by atoms with E-state index in [0.717, 1.165) is 4.88 Å². The number of nitrogens with zero attached hydrogens (tertiary/aromatic N) is 2. The minimum atomic E-state index is -0.201. The number of rotatable bonds is 5. The molecule has 0 aliphatic heterocycles. The van der Waals surface area contributed by atoms with Crippen LogP contribution in [0.15, 0.2) is 52.9 Å². The molecule has 1 unspecified atom stereocenters. The fourth-order valence-corrected chi connectivity index (χ4v) is 3.58. The Morgan fingerprint density at radius 3 is 2.75 bits per heavy atom. The van der Waals surface area contributed by atoms with Crippen molar-refractivity contribution < 1.29 is 4.79 Å². The Labute approximate surface area is 144 Å². The van der Waals surface area contributed by atoms with Crippen molar-refractivity contribution in [3.63, 3.8) is 0 Å². The fraction of sp³-hybridized carbons (Fsp3) is 0.278. The number of carbonyl (C=O) groups is 1. The molecule has 3 aromatic rings. The Balaban J connectivity index is 1.80. The normalized spacial score (nSPS) is 12.5. The first-order valence-electron chi connectivity index (χ1n) is 7.83. The van der Waals surface area contributed by atoms with Crippen molar-refractivity contribution in [2.75, 3.05) is 0 Å². The Kier molecular flexibility index (Phi) is 4.76. The van der Waals surface area contributed by atoms with E-state index < -0.39 is 0 Å². The first kappa shape index (κ1) is 16.4. The smallest absolute Gasteiger partial charge is 0.261 e. The Bertz CT molecular complexity index is 900. The van der Waals surface area contributed by atoms with E-state index in [0.29, 0.717) is 10.9 Å². The summed E-state index contributed by atoms with van der Waals surface area (Å²) in [5.41, 5.74) is 0.436. The third-order valence-electron chi connectivity index (χ3n) is 3.88. The summed E-state index contributed by atoms with van der Waals surface area (Å²) in [7, 11) is 0. The lowest BCUT2D eigenvalue weighted by molar-refractivity contribution is -0.122. The highest BCUT2D eigenvalue weighted by Crippen LogP contribution is 2.25. The van der Waals surface area contributed by atoms with Crippen LogP contribution in [0.2, 0.25) is 0 Å². The molecule has 0 saturated carbocycles. The van der Waals surface area contributed by atoms with E-state index in [9.17, 15) is 9.59 Å². The highest BCUT2D eigenvalue weighted by Gasteiger charge is 2.19. The number of benzene rings is 1. The molecule has 0 aliphatic carbocycles. The Morgan fingerprint density at radius 2 is 2.04 bits per heavy atom. The molecule has 0 radical (unpaired) electrons. The predicted octanol–water partition coefficient (Wildman–Crippen LogP) is 2.97. The number of hydrogen-bond donors (Lipinski definition) is 1. The second-order valence-corrected chi connectivity index (χ2v) is 6.98. The first-order valence-corrected chi connectivity index (χ1v) is 8.71. The minimum Gasteiger partial charge on any atom is -0.347 e. The number of aromatic nitrogens is 2. The third kappa shape index (κ3) is 3.38. The van der Waals surface area contributed by atoms with Crippen molar-refractivity contribution in [3.05, 3.63) is 63.3 Å². The zero-order chi connectivity index (χ0) is 17.1. The highest BCUT2D eigenvalue weighted by molar-refractivity contribution is 7.10. The van der Waals surface area contributed by atoms with Crippen LogP contribution >= 0.6 is 11.3 Å². The van der Waals surface area contributed by atoms with Crippen LogP contribution in [-0.4, -0.2) is 15.5 Å². The van der Waals surface area contributed by atoms with Crippen molar-refractivity contribution >= 4 is 28.1 Å². The summed E-state index contributed by atoms with van der Waals surface area (Å²) >= 11 is 1.62. The van der Waals surface area contributed by atoms with E-state index >= 15 is 0 Å². The minimum absolute atomic E-state index is 0.0364. The summed E-state index contributed by atoms with van der Waals surface area (Å²) in [4.78, 5) is 30.2. The molecule has 1 atom stereocenters. The Hall–Kier alpha value is -2.47. The van der Waals surface area contributed by atoms with Gasteiger partial charge in [-0.2, -0.15) is 0 Å². The lowest BCUT2D eigenvalue weighted by Crippen LogP contribution is -2.36. The summed E-state index contributed by atoms with van der Waals surface area (Å²) < 4.78 is 1.35. The molecule has 0 aliphatic rings. The molecule has 2 heterocycles. The van der Waals surface area contributed by atoms with Crippen molar-refractivity contribution in [2.24, 2.45) is 5.92 Å². The molecular formula is C18H19N3O2S. The van der Waals surface area contributed by atoms with Gasteiger partial charge in [-0.05, 0) is 29.5 Å². The van der Waals surface area contributed by atoms with Gasteiger partial charge in [0.15, 0.2) is 0 Å². The molecule has 0 saturated heterocycles. The van der Waals surface area contributed by atoms with Crippen LogP contribution in [0.5, 0.6) is 0 Å². The average Bonchev–Trinajstić information content (AvgIpc) is 3.09. The molecule has 2 aromatic heterocycles. The molecule has 3 rings (SSSR count). The molecule has 1 aromatic carbocycles. The van der Waals surface area contributed by atoms with Crippen LogP contribution in [0.25, 0.3) is 10.9 Å². The first-order chi connectivity index (χ1) is 11.6. The molecule has 6 heteroatoms. The maximum atomic E-state index is 12.5. The summed E-state index contributed by atoms with van der Waals surface area (Å²) in [6.07, 6.45) is 1.43. The fourth-order valence-electron chi connectivity index (χ4n) is 2.63. The van der Waals surface area contributed by atoms with Crippen LogP contribution in [0.4, 0.5) is 0 Å². The van der Waals surface area contributed by atoms with E-state index in [2.05, 4.69) is 24.1 Å². The van der Waals surface area contributed by atoms with Gasteiger partial charge in [-0.1, -0.05) is 32.0 Å². The van der Waals surface area contributed by atoms with Gasteiger partial charge in [0, 0.05) is 4.88 Å². The van der Waals surface area contributed by atoms with Gasteiger partial charge in [0.2, 0.25) is 5.91 Å². The van der Waals surface area contributed by atoms with Crippen molar-refractivity contribution in [1.29, 1.82) is 0 Å². The van der Waals surface area contributed by atoms with E-state index in [1.54, 1.807) is 29.5 Å². The maximum Gasteiger partial charge on any atom is 0.261 e. The van der Waals surface area contributed by atoms with E-state index in [-0.39, 0.29) is 30.0 Å². The van der Waals surface area contributed by atoms with E-state index in [1.165, 1.54) is 10.9 Å². The van der Waals surface area contributed by atoms with Crippen LogP contribution in [0, 0.1) is 5.92 Å². The van der Waals surface area contributed by atoms with Crippen LogP contribution in [-0.2, 0) is 11.3 Å². The SMILES string of the molecule is CC(C)C(NC(=O)Cn1cnc2ccccc2c1=O)c1cccs1. The maximum absolute atomic E-state index is 12.5. The number of fused-ring (bicyclic) bond motifs is 1. The van der Waals surface area contributed by atoms with Gasteiger partial charge in [-0.3, -0.25) is 14.2 Å². The lowest BCUT2D eigenvalue weighted by Gasteiger charge is -2.21. The predicted molar refractivity (Wildman–Crippen MR) is 96.0 cm³/mol. The number of carbonyl (C=O) groups excluding carboxylic acids is 1. The van der Waals surface area contributed by atoms with Crippen LogP contribution in [0.3, 0.4) is 0 Å². The summed E-state index contributed by atoms with van der Waals surface area (Å²) in [6.45, 7) is 4.09. The van der Waals surface area contributed by atoms with Gasteiger partial charge in [0.05, 0.1) is 23.3 Å². The van der Waals surface area contributed by atoms with Crippen molar-refractivity contribution in [3.8, 4) is 0 Å². The summed E-state index contributed by atoms with van der Waals surface area (Å²) in [5, 5.41) is 5.54. The number of hydrogen-bond acceptors (Lipinski definition) is 4. The van der Waals surface area contributed by atoms with Crippen LogP contribution < -0.4 is 10.9 Å². The molecule has 124 valence electrons. The molecule has 24 heavy (non-hydrogen) atoms. The topological polar surface area (TPSA) is 64.0 Å².